The molecule has 0 bridgehead atoms. The monoisotopic (exact) mass is 367 g/mol. The number of carbonyl (C=O) groups excluding carboxylic acids is 2. The number of ether oxygens (including phenoxy) is 1. The molecule has 7 nitrogen and oxygen atoms in total. The highest BCUT2D eigenvalue weighted by atomic mass is 16.7. The van der Waals surface area contributed by atoms with E-state index in [0.29, 0.717) is 5.56 Å². The van der Waals surface area contributed by atoms with Crippen molar-refractivity contribution in [2.75, 3.05) is 0 Å². The van der Waals surface area contributed by atoms with Gasteiger partial charge in [0, 0.05) is 22.0 Å². The van der Waals surface area contributed by atoms with E-state index < -0.39 is 46.3 Å². The average Bonchev–Trinajstić information content (AvgIpc) is 2.87. The summed E-state index contributed by atoms with van der Waals surface area (Å²) in [4.78, 5) is 37.8. The number of benzene rings is 2. The van der Waals surface area contributed by atoms with Gasteiger partial charge in [0.05, 0.1) is 5.92 Å². The van der Waals surface area contributed by atoms with Gasteiger partial charge in [0.25, 0.3) is 11.6 Å². The van der Waals surface area contributed by atoms with Gasteiger partial charge in [-0.2, -0.15) is 0 Å². The summed E-state index contributed by atoms with van der Waals surface area (Å²) in [6.07, 6.45) is -1.49. The fraction of sp³-hybridized carbons (Fsp3) is 0.300. The second-order valence-corrected chi connectivity index (χ2v) is 6.97. The number of Topliss-reactive ketones (excluding diaryl/α,β-unsaturated/α-hetero) is 2. The van der Waals surface area contributed by atoms with E-state index in [9.17, 15) is 24.8 Å². The Labute approximate surface area is 154 Å². The fourth-order valence-electron chi connectivity index (χ4n) is 4.28. The standard InChI is InChI=1S/C20H17NO6/c1-11-15(12-7-3-2-4-8-12)16(21(25)26)20(27-19(11)24)17(22)13-9-5-6-10-14(13)18(20)23/h2-11,15-16,19,24H,1H3/t11-,15+,16+,19?/m1/s1. The number of hydrogen-bond acceptors (Lipinski definition) is 6. The van der Waals surface area contributed by atoms with Crippen LogP contribution in [0.2, 0.25) is 0 Å². The fourth-order valence-corrected chi connectivity index (χ4v) is 4.28. The second kappa shape index (κ2) is 6.07. The Morgan fingerprint density at radius 2 is 1.52 bits per heavy atom. The Hall–Kier alpha value is -2.90. The van der Waals surface area contributed by atoms with Crippen molar-refractivity contribution < 1.29 is 24.4 Å². The van der Waals surface area contributed by atoms with E-state index in [1.165, 1.54) is 12.1 Å². The van der Waals surface area contributed by atoms with Crippen LogP contribution in [0.3, 0.4) is 0 Å². The predicted octanol–water partition coefficient (Wildman–Crippen LogP) is 2.22. The van der Waals surface area contributed by atoms with Gasteiger partial charge in [0.2, 0.25) is 11.6 Å². The topological polar surface area (TPSA) is 107 Å². The quantitative estimate of drug-likeness (QED) is 0.495. The smallest absolute Gasteiger partial charge is 0.264 e. The number of nitrogens with zero attached hydrogens (tertiary/aromatic N) is 1. The molecule has 138 valence electrons. The number of aliphatic hydroxyl groups is 1. The van der Waals surface area contributed by atoms with Crippen molar-refractivity contribution in [3.05, 3.63) is 81.4 Å². The first-order chi connectivity index (χ1) is 12.9. The van der Waals surface area contributed by atoms with E-state index in [0.717, 1.165) is 0 Å². The summed E-state index contributed by atoms with van der Waals surface area (Å²) in [7, 11) is 0. The molecule has 0 radical (unpaired) electrons. The molecule has 1 fully saturated rings. The minimum Gasteiger partial charge on any atom is -0.368 e. The van der Waals surface area contributed by atoms with Gasteiger partial charge in [-0.05, 0) is 5.56 Å². The molecule has 1 heterocycles. The molecule has 1 N–H and O–H groups in total. The van der Waals surface area contributed by atoms with Crippen molar-refractivity contribution in [2.24, 2.45) is 5.92 Å². The Morgan fingerprint density at radius 3 is 2.04 bits per heavy atom. The van der Waals surface area contributed by atoms with Gasteiger partial charge in [-0.1, -0.05) is 61.5 Å². The molecular weight excluding hydrogens is 350 g/mol. The van der Waals surface area contributed by atoms with Crippen LogP contribution in [0.4, 0.5) is 0 Å². The van der Waals surface area contributed by atoms with Gasteiger partial charge < -0.3 is 9.84 Å². The SMILES string of the molecule is C[C@H]1C(O)OC2(C(=O)c3ccccc3C2=O)[C@@H]([N+](=O)[O-])[C@@H]1c1ccccc1. The van der Waals surface area contributed by atoms with Crippen LogP contribution in [0.5, 0.6) is 0 Å². The summed E-state index contributed by atoms with van der Waals surface area (Å²) in [6, 6.07) is 13.0. The lowest BCUT2D eigenvalue weighted by Gasteiger charge is -2.43. The Bertz CT molecular complexity index is 905. The van der Waals surface area contributed by atoms with Gasteiger partial charge in [-0.3, -0.25) is 19.7 Å². The molecule has 1 aliphatic carbocycles. The number of nitro groups is 1. The van der Waals surface area contributed by atoms with Crippen molar-refractivity contribution in [3.8, 4) is 0 Å². The molecule has 2 aromatic rings. The van der Waals surface area contributed by atoms with Crippen LogP contribution in [0, 0.1) is 16.0 Å². The lowest BCUT2D eigenvalue weighted by Crippen LogP contribution is -2.66. The molecule has 0 saturated carbocycles. The molecule has 1 spiro atoms. The van der Waals surface area contributed by atoms with Crippen molar-refractivity contribution in [1.29, 1.82) is 0 Å². The van der Waals surface area contributed by atoms with E-state index in [2.05, 4.69) is 0 Å². The van der Waals surface area contributed by atoms with Crippen LogP contribution in [-0.4, -0.2) is 39.5 Å². The molecule has 1 unspecified atom stereocenters. The highest BCUT2D eigenvalue weighted by Gasteiger charge is 2.71. The predicted molar refractivity (Wildman–Crippen MR) is 94.1 cm³/mol. The highest BCUT2D eigenvalue weighted by molar-refractivity contribution is 6.32. The lowest BCUT2D eigenvalue weighted by molar-refractivity contribution is -0.554. The number of carbonyl (C=O) groups is 2. The maximum Gasteiger partial charge on any atom is 0.264 e. The van der Waals surface area contributed by atoms with E-state index in [1.54, 1.807) is 49.4 Å². The largest absolute Gasteiger partial charge is 0.368 e. The van der Waals surface area contributed by atoms with Crippen LogP contribution in [-0.2, 0) is 4.74 Å². The first-order valence-corrected chi connectivity index (χ1v) is 8.62. The zero-order valence-electron chi connectivity index (χ0n) is 14.4. The Morgan fingerprint density at radius 1 is 1.00 bits per heavy atom. The van der Waals surface area contributed by atoms with E-state index in [-0.39, 0.29) is 11.1 Å². The van der Waals surface area contributed by atoms with Gasteiger partial charge >= 0.3 is 0 Å². The summed E-state index contributed by atoms with van der Waals surface area (Å²) in [5.41, 5.74) is -1.62. The molecular formula is C20H17NO6. The highest BCUT2D eigenvalue weighted by Crippen LogP contribution is 2.49. The number of ketones is 2. The molecule has 2 aliphatic rings. The first kappa shape index (κ1) is 17.5. The molecule has 4 atom stereocenters. The maximum atomic E-state index is 13.2. The summed E-state index contributed by atoms with van der Waals surface area (Å²) >= 11 is 0. The Kier molecular flexibility index (Phi) is 3.94. The van der Waals surface area contributed by atoms with Crippen molar-refractivity contribution in [3.63, 3.8) is 0 Å². The van der Waals surface area contributed by atoms with Gasteiger partial charge in [-0.15, -0.1) is 0 Å². The molecule has 27 heavy (non-hydrogen) atoms. The molecule has 2 aromatic carbocycles. The molecule has 0 amide bonds. The van der Waals surface area contributed by atoms with E-state index in [4.69, 9.17) is 4.74 Å². The van der Waals surface area contributed by atoms with Crippen LogP contribution in [0.15, 0.2) is 54.6 Å². The van der Waals surface area contributed by atoms with Crippen molar-refractivity contribution >= 4 is 11.6 Å². The number of hydrogen-bond donors (Lipinski definition) is 1. The second-order valence-electron chi connectivity index (χ2n) is 6.97. The third kappa shape index (κ3) is 2.28. The van der Waals surface area contributed by atoms with Crippen LogP contribution in [0.1, 0.15) is 39.1 Å². The van der Waals surface area contributed by atoms with Crippen LogP contribution >= 0.6 is 0 Å². The van der Waals surface area contributed by atoms with Crippen molar-refractivity contribution in [2.45, 2.75) is 30.8 Å². The van der Waals surface area contributed by atoms with Gasteiger partial charge in [0.1, 0.15) is 0 Å². The Balaban J connectivity index is 1.94. The van der Waals surface area contributed by atoms with E-state index >= 15 is 0 Å². The summed E-state index contributed by atoms with van der Waals surface area (Å²) in [6.45, 7) is 1.61. The van der Waals surface area contributed by atoms with E-state index in [1.807, 2.05) is 0 Å². The van der Waals surface area contributed by atoms with Crippen LogP contribution in [0.25, 0.3) is 0 Å². The summed E-state index contributed by atoms with van der Waals surface area (Å²) in [5, 5.41) is 22.6. The minimum atomic E-state index is -2.36. The van der Waals surface area contributed by atoms with Gasteiger partial charge in [0.15, 0.2) is 6.29 Å². The molecule has 7 heteroatoms. The molecule has 0 aromatic heterocycles. The third-order valence-electron chi connectivity index (χ3n) is 5.58. The lowest BCUT2D eigenvalue weighted by atomic mass is 9.70. The van der Waals surface area contributed by atoms with Crippen molar-refractivity contribution in [1.82, 2.24) is 0 Å². The molecule has 1 saturated heterocycles. The molecule has 1 aliphatic heterocycles. The summed E-state index contributed by atoms with van der Waals surface area (Å²) < 4.78 is 5.49. The first-order valence-electron chi connectivity index (χ1n) is 8.62. The average molecular weight is 367 g/mol. The zero-order chi connectivity index (χ0) is 19.3. The third-order valence-corrected chi connectivity index (χ3v) is 5.58. The normalized spacial score (nSPS) is 29.0. The van der Waals surface area contributed by atoms with Crippen LogP contribution < -0.4 is 0 Å². The maximum absolute atomic E-state index is 13.2. The summed E-state index contributed by atoms with van der Waals surface area (Å²) in [5.74, 6) is -3.08. The van der Waals surface area contributed by atoms with Gasteiger partial charge in [-0.25, -0.2) is 0 Å². The number of rotatable bonds is 2. The number of fused-ring (bicyclic) bond motifs is 1. The minimum absolute atomic E-state index is 0.0860. The number of aliphatic hydroxyl groups excluding tert-OH is 1. The molecule has 4 rings (SSSR count). The zero-order valence-corrected chi connectivity index (χ0v) is 14.4.